The summed E-state index contributed by atoms with van der Waals surface area (Å²) in [5, 5.41) is 3.69. The zero-order valence-electron chi connectivity index (χ0n) is 7.81. The van der Waals surface area contributed by atoms with E-state index in [2.05, 4.69) is 33.4 Å². The number of hydrogen-bond acceptors (Lipinski definition) is 5. The smallest absolute Gasteiger partial charge is 0.226 e. The molecule has 0 aliphatic heterocycles. The Morgan fingerprint density at radius 1 is 1.36 bits per heavy atom. The molecule has 0 aliphatic rings. The number of hydrogen-bond donors (Lipinski definition) is 1. The third-order valence-electron chi connectivity index (χ3n) is 1.28. The van der Waals surface area contributed by atoms with E-state index >= 15 is 0 Å². The molecule has 1 heterocycles. The Labute approximate surface area is 87.6 Å². The second-order valence-corrected chi connectivity index (χ2v) is 3.35. The van der Waals surface area contributed by atoms with Crippen molar-refractivity contribution in [2.24, 2.45) is 0 Å². The fourth-order valence-electron chi connectivity index (χ4n) is 0.733. The average Bonchev–Trinajstić information content (AvgIpc) is 2.24. The highest BCUT2D eigenvalue weighted by atomic mass is 32.2. The molecule has 0 saturated carbocycles. The quantitative estimate of drug-likeness (QED) is 0.570. The SMILES string of the molecule is C=CCNc1ncnc(SCC=C)n1. The average molecular weight is 208 g/mol. The lowest BCUT2D eigenvalue weighted by Crippen LogP contribution is -2.04. The minimum Gasteiger partial charge on any atom is -0.351 e. The first kappa shape index (κ1) is 10.7. The fourth-order valence-corrected chi connectivity index (χ4v) is 1.27. The minimum absolute atomic E-state index is 0.575. The van der Waals surface area contributed by atoms with Crippen LogP contribution in [0.3, 0.4) is 0 Å². The summed E-state index contributed by atoms with van der Waals surface area (Å²) in [6.07, 6.45) is 5.05. The van der Waals surface area contributed by atoms with Crippen molar-refractivity contribution in [3.63, 3.8) is 0 Å². The molecule has 74 valence electrons. The normalized spacial score (nSPS) is 9.43. The third kappa shape index (κ3) is 3.57. The Morgan fingerprint density at radius 2 is 2.21 bits per heavy atom. The molecule has 0 aliphatic carbocycles. The number of thioether (sulfide) groups is 1. The Balaban J connectivity index is 2.58. The van der Waals surface area contributed by atoms with Gasteiger partial charge in [0.2, 0.25) is 5.95 Å². The van der Waals surface area contributed by atoms with Crippen LogP contribution in [0.15, 0.2) is 36.8 Å². The predicted molar refractivity (Wildman–Crippen MR) is 59.4 cm³/mol. The second kappa shape index (κ2) is 6.15. The lowest BCUT2D eigenvalue weighted by atomic mass is 10.6. The van der Waals surface area contributed by atoms with Crippen LogP contribution in [0.5, 0.6) is 0 Å². The van der Waals surface area contributed by atoms with Gasteiger partial charge in [0.15, 0.2) is 5.16 Å². The van der Waals surface area contributed by atoms with Crippen molar-refractivity contribution in [1.29, 1.82) is 0 Å². The summed E-state index contributed by atoms with van der Waals surface area (Å²) in [6.45, 7) is 7.87. The van der Waals surface area contributed by atoms with E-state index in [9.17, 15) is 0 Å². The zero-order chi connectivity index (χ0) is 10.2. The highest BCUT2D eigenvalue weighted by molar-refractivity contribution is 7.99. The second-order valence-electron chi connectivity index (χ2n) is 2.36. The molecule has 0 unspecified atom stereocenters. The van der Waals surface area contributed by atoms with E-state index in [1.165, 1.54) is 18.1 Å². The van der Waals surface area contributed by atoms with Crippen LogP contribution in [-0.4, -0.2) is 27.2 Å². The minimum atomic E-state index is 0.575. The van der Waals surface area contributed by atoms with E-state index in [0.29, 0.717) is 17.6 Å². The summed E-state index contributed by atoms with van der Waals surface area (Å²) in [5.74, 6) is 1.37. The summed E-state index contributed by atoms with van der Waals surface area (Å²) >= 11 is 1.52. The van der Waals surface area contributed by atoms with Crippen LogP contribution >= 0.6 is 11.8 Å². The van der Waals surface area contributed by atoms with E-state index in [1.54, 1.807) is 6.08 Å². The summed E-state index contributed by atoms with van der Waals surface area (Å²) in [5.41, 5.74) is 0. The molecule has 0 fully saturated rings. The van der Waals surface area contributed by atoms with Crippen molar-refractivity contribution in [2.75, 3.05) is 17.6 Å². The molecule has 0 spiro atoms. The molecule has 0 atom stereocenters. The van der Waals surface area contributed by atoms with E-state index in [-0.39, 0.29) is 0 Å². The van der Waals surface area contributed by atoms with Crippen molar-refractivity contribution < 1.29 is 0 Å². The molecule has 0 radical (unpaired) electrons. The van der Waals surface area contributed by atoms with Gasteiger partial charge < -0.3 is 5.32 Å². The molecule has 1 aromatic heterocycles. The Kier molecular flexibility index (Phi) is 4.71. The lowest BCUT2D eigenvalue weighted by Gasteiger charge is -2.01. The molecule has 14 heavy (non-hydrogen) atoms. The Morgan fingerprint density at radius 3 is 2.93 bits per heavy atom. The molecule has 1 aromatic rings. The van der Waals surface area contributed by atoms with Crippen molar-refractivity contribution >= 4 is 17.7 Å². The van der Waals surface area contributed by atoms with E-state index < -0.39 is 0 Å². The molecule has 0 aromatic carbocycles. The Hall–Kier alpha value is -1.36. The number of nitrogens with one attached hydrogen (secondary N) is 1. The highest BCUT2D eigenvalue weighted by Gasteiger charge is 1.98. The summed E-state index contributed by atoms with van der Waals surface area (Å²) in [7, 11) is 0. The number of anilines is 1. The van der Waals surface area contributed by atoms with Gasteiger partial charge in [-0.1, -0.05) is 23.9 Å². The molecule has 5 heteroatoms. The van der Waals surface area contributed by atoms with Gasteiger partial charge in [-0.25, -0.2) is 9.97 Å². The lowest BCUT2D eigenvalue weighted by molar-refractivity contribution is 0.904. The van der Waals surface area contributed by atoms with Gasteiger partial charge in [-0.3, -0.25) is 0 Å². The fraction of sp³-hybridized carbons (Fsp3) is 0.222. The van der Waals surface area contributed by atoms with Crippen LogP contribution in [0.25, 0.3) is 0 Å². The first-order chi connectivity index (χ1) is 6.86. The van der Waals surface area contributed by atoms with Crippen LogP contribution in [0.4, 0.5) is 5.95 Å². The molecule has 0 amide bonds. The highest BCUT2D eigenvalue weighted by Crippen LogP contribution is 2.12. The van der Waals surface area contributed by atoms with Crippen molar-refractivity contribution in [3.8, 4) is 0 Å². The van der Waals surface area contributed by atoms with Crippen LogP contribution in [-0.2, 0) is 0 Å². The molecular weight excluding hydrogens is 196 g/mol. The largest absolute Gasteiger partial charge is 0.351 e. The number of nitrogens with zero attached hydrogens (tertiary/aromatic N) is 3. The first-order valence-electron chi connectivity index (χ1n) is 4.14. The molecule has 1 rings (SSSR count). The first-order valence-corrected chi connectivity index (χ1v) is 5.13. The summed E-state index contributed by atoms with van der Waals surface area (Å²) in [6, 6.07) is 0. The van der Waals surface area contributed by atoms with Crippen LogP contribution in [0.2, 0.25) is 0 Å². The van der Waals surface area contributed by atoms with Gasteiger partial charge >= 0.3 is 0 Å². The maximum atomic E-state index is 4.18. The summed E-state index contributed by atoms with van der Waals surface area (Å²) < 4.78 is 0. The third-order valence-corrected chi connectivity index (χ3v) is 2.14. The van der Waals surface area contributed by atoms with Gasteiger partial charge in [0, 0.05) is 12.3 Å². The van der Waals surface area contributed by atoms with Gasteiger partial charge in [0.05, 0.1) is 0 Å². The monoisotopic (exact) mass is 208 g/mol. The van der Waals surface area contributed by atoms with Crippen molar-refractivity contribution in [3.05, 3.63) is 31.6 Å². The number of rotatable bonds is 6. The van der Waals surface area contributed by atoms with E-state index in [0.717, 1.165) is 5.75 Å². The topological polar surface area (TPSA) is 50.7 Å². The van der Waals surface area contributed by atoms with Crippen molar-refractivity contribution in [1.82, 2.24) is 15.0 Å². The zero-order valence-corrected chi connectivity index (χ0v) is 8.63. The van der Waals surface area contributed by atoms with Crippen LogP contribution < -0.4 is 5.32 Å². The van der Waals surface area contributed by atoms with E-state index in [4.69, 9.17) is 0 Å². The van der Waals surface area contributed by atoms with E-state index in [1.807, 2.05) is 6.08 Å². The maximum absolute atomic E-state index is 4.18. The number of aromatic nitrogens is 3. The van der Waals surface area contributed by atoms with Gasteiger partial charge in [0.25, 0.3) is 0 Å². The van der Waals surface area contributed by atoms with Crippen LogP contribution in [0.1, 0.15) is 0 Å². The predicted octanol–water partition coefficient (Wildman–Crippen LogP) is 1.75. The molecule has 1 N–H and O–H groups in total. The van der Waals surface area contributed by atoms with Crippen molar-refractivity contribution in [2.45, 2.75) is 5.16 Å². The van der Waals surface area contributed by atoms with Crippen LogP contribution in [0, 0.1) is 0 Å². The Bertz CT molecular complexity index is 286. The van der Waals surface area contributed by atoms with Gasteiger partial charge in [-0.15, -0.1) is 13.2 Å². The maximum Gasteiger partial charge on any atom is 0.226 e. The molecule has 0 bridgehead atoms. The van der Waals surface area contributed by atoms with Gasteiger partial charge in [-0.05, 0) is 0 Å². The summed E-state index contributed by atoms with van der Waals surface area (Å²) in [4.78, 5) is 12.2. The standard InChI is InChI=1S/C9H12N4S/c1-3-5-10-8-11-7-12-9(13-8)14-6-4-2/h3-4,7H,1-2,5-6H2,(H,10,11,12,13). The van der Waals surface area contributed by atoms with Gasteiger partial charge in [0.1, 0.15) is 6.33 Å². The van der Waals surface area contributed by atoms with Gasteiger partial charge in [-0.2, -0.15) is 4.98 Å². The molecule has 4 nitrogen and oxygen atoms in total. The molecule has 0 saturated heterocycles. The molecular formula is C9H12N4S.